The van der Waals surface area contributed by atoms with E-state index >= 15 is 0 Å². The highest BCUT2D eigenvalue weighted by Crippen LogP contribution is 2.31. The molecule has 30 heavy (non-hydrogen) atoms. The molecule has 0 aromatic heterocycles. The average molecular weight is 423 g/mol. The van der Waals surface area contributed by atoms with Crippen molar-refractivity contribution in [3.63, 3.8) is 0 Å². The summed E-state index contributed by atoms with van der Waals surface area (Å²) in [5.41, 5.74) is 2.54. The molecule has 0 radical (unpaired) electrons. The second kappa shape index (κ2) is 8.20. The highest BCUT2D eigenvalue weighted by atomic mass is 32.2. The van der Waals surface area contributed by atoms with Crippen LogP contribution in [-0.2, 0) is 16.4 Å². The molecular weight excluding hydrogens is 400 g/mol. The minimum Gasteiger partial charge on any atom is -0.494 e. The Morgan fingerprint density at radius 3 is 2.47 bits per heavy atom. The van der Waals surface area contributed by atoms with Gasteiger partial charge in [-0.3, -0.25) is 9.52 Å². The van der Waals surface area contributed by atoms with Crippen molar-refractivity contribution in [3.05, 3.63) is 83.9 Å². The molecule has 0 bridgehead atoms. The third-order valence-corrected chi connectivity index (χ3v) is 6.36. The first-order valence-corrected chi connectivity index (χ1v) is 11.2. The molecule has 1 heterocycles. The van der Waals surface area contributed by atoms with E-state index in [1.807, 2.05) is 31.2 Å². The van der Waals surface area contributed by atoms with E-state index in [4.69, 9.17) is 4.74 Å². The van der Waals surface area contributed by atoms with Crippen molar-refractivity contribution in [1.82, 2.24) is 0 Å². The van der Waals surface area contributed by atoms with Crippen LogP contribution in [0.4, 0.5) is 11.4 Å². The van der Waals surface area contributed by atoms with Crippen molar-refractivity contribution in [3.8, 4) is 5.75 Å². The molecule has 3 aromatic carbocycles. The van der Waals surface area contributed by atoms with Crippen LogP contribution in [-0.4, -0.2) is 27.5 Å². The number of hydrogen-bond acceptors (Lipinski definition) is 4. The second-order valence-electron chi connectivity index (χ2n) is 6.89. The average Bonchev–Trinajstić information content (AvgIpc) is 3.18. The molecule has 0 fully saturated rings. The summed E-state index contributed by atoms with van der Waals surface area (Å²) in [6.45, 7) is 2.93. The van der Waals surface area contributed by atoms with Crippen LogP contribution < -0.4 is 14.4 Å². The van der Waals surface area contributed by atoms with Gasteiger partial charge in [0.25, 0.3) is 15.9 Å². The summed E-state index contributed by atoms with van der Waals surface area (Å²) >= 11 is 0. The number of para-hydroxylation sites is 2. The molecule has 0 saturated heterocycles. The normalized spacial score (nSPS) is 13.0. The van der Waals surface area contributed by atoms with Gasteiger partial charge < -0.3 is 9.64 Å². The third kappa shape index (κ3) is 3.89. The second-order valence-corrected chi connectivity index (χ2v) is 8.57. The van der Waals surface area contributed by atoms with Gasteiger partial charge in [-0.15, -0.1) is 0 Å². The van der Waals surface area contributed by atoms with Crippen LogP contribution in [0.5, 0.6) is 5.75 Å². The van der Waals surface area contributed by atoms with Crippen molar-refractivity contribution in [2.45, 2.75) is 18.2 Å². The summed E-state index contributed by atoms with van der Waals surface area (Å²) in [7, 11) is -3.86. The molecular formula is C23H22N2O4S. The van der Waals surface area contributed by atoms with Crippen molar-refractivity contribution in [2.24, 2.45) is 0 Å². The maximum absolute atomic E-state index is 13.2. The lowest BCUT2D eigenvalue weighted by Gasteiger charge is -2.20. The Hall–Kier alpha value is -3.32. The molecule has 0 unspecified atom stereocenters. The molecule has 1 amide bonds. The summed E-state index contributed by atoms with van der Waals surface area (Å²) in [5.74, 6) is 0.365. The Bertz CT molecular complexity index is 1170. The smallest absolute Gasteiger partial charge is 0.261 e. The summed E-state index contributed by atoms with van der Waals surface area (Å²) in [5, 5.41) is 0. The van der Waals surface area contributed by atoms with Gasteiger partial charge in [-0.1, -0.05) is 30.3 Å². The molecule has 6 nitrogen and oxygen atoms in total. The number of hydrogen-bond donors (Lipinski definition) is 1. The van der Waals surface area contributed by atoms with Gasteiger partial charge >= 0.3 is 0 Å². The van der Waals surface area contributed by atoms with Crippen molar-refractivity contribution < 1.29 is 17.9 Å². The number of sulfonamides is 1. The van der Waals surface area contributed by atoms with Crippen LogP contribution in [0, 0.1) is 0 Å². The van der Waals surface area contributed by atoms with E-state index in [2.05, 4.69) is 4.72 Å². The highest BCUT2D eigenvalue weighted by Gasteiger charge is 2.27. The quantitative estimate of drug-likeness (QED) is 0.649. The zero-order valence-electron chi connectivity index (χ0n) is 16.5. The van der Waals surface area contributed by atoms with E-state index in [0.29, 0.717) is 24.5 Å². The van der Waals surface area contributed by atoms with E-state index in [1.54, 1.807) is 41.3 Å². The number of nitrogens with one attached hydrogen (secondary N) is 1. The van der Waals surface area contributed by atoms with Crippen molar-refractivity contribution >= 4 is 27.3 Å². The first kappa shape index (κ1) is 20.0. The number of carbonyl (C=O) groups is 1. The fourth-order valence-corrected chi connectivity index (χ4v) is 4.62. The van der Waals surface area contributed by atoms with E-state index < -0.39 is 10.0 Å². The molecule has 4 rings (SSSR count). The Balaban J connectivity index is 1.61. The van der Waals surface area contributed by atoms with Crippen LogP contribution in [0.15, 0.2) is 77.7 Å². The number of amides is 1. The third-order valence-electron chi connectivity index (χ3n) is 4.98. The molecule has 3 aromatic rings. The van der Waals surface area contributed by atoms with Gasteiger partial charge in [0.2, 0.25) is 0 Å². The topological polar surface area (TPSA) is 75.7 Å². The summed E-state index contributed by atoms with van der Waals surface area (Å²) in [4.78, 5) is 15.0. The van der Waals surface area contributed by atoms with Crippen LogP contribution in [0.2, 0.25) is 0 Å². The van der Waals surface area contributed by atoms with Crippen LogP contribution in [0.1, 0.15) is 22.8 Å². The predicted octanol–water partition coefficient (Wildman–Crippen LogP) is 4.09. The van der Waals surface area contributed by atoms with Gasteiger partial charge in [0.05, 0.1) is 22.8 Å². The largest absolute Gasteiger partial charge is 0.494 e. The van der Waals surface area contributed by atoms with E-state index in [0.717, 1.165) is 17.7 Å². The molecule has 154 valence electrons. The van der Waals surface area contributed by atoms with Gasteiger partial charge in [0.15, 0.2) is 0 Å². The molecule has 0 spiro atoms. The van der Waals surface area contributed by atoms with Gasteiger partial charge in [-0.05, 0) is 61.4 Å². The molecule has 0 aliphatic carbocycles. The maximum Gasteiger partial charge on any atom is 0.261 e. The molecule has 7 heteroatoms. The monoisotopic (exact) mass is 422 g/mol. The van der Waals surface area contributed by atoms with Gasteiger partial charge in [0.1, 0.15) is 5.75 Å². The Kier molecular flexibility index (Phi) is 5.46. The van der Waals surface area contributed by atoms with E-state index in [-0.39, 0.29) is 16.5 Å². The lowest BCUT2D eigenvalue weighted by molar-refractivity contribution is 0.0990. The van der Waals surface area contributed by atoms with E-state index in [1.165, 1.54) is 12.1 Å². The van der Waals surface area contributed by atoms with Gasteiger partial charge in [-0.25, -0.2) is 8.42 Å². The Morgan fingerprint density at radius 2 is 1.70 bits per heavy atom. The first-order valence-electron chi connectivity index (χ1n) is 9.74. The standard InChI is InChI=1S/C23H22N2O4S/c1-2-29-18-11-13-19(14-12-18)30(27,28)24-21-9-5-4-8-20(21)23(26)25-16-15-17-7-3-6-10-22(17)25/h3-14,24H,2,15-16H2,1H3. The summed E-state index contributed by atoms with van der Waals surface area (Å²) in [6.07, 6.45) is 0.780. The van der Waals surface area contributed by atoms with Crippen molar-refractivity contribution in [1.29, 1.82) is 0 Å². The predicted molar refractivity (Wildman–Crippen MR) is 117 cm³/mol. The number of nitrogens with zero attached hydrogens (tertiary/aromatic N) is 1. The van der Waals surface area contributed by atoms with Crippen LogP contribution in [0.3, 0.4) is 0 Å². The first-order chi connectivity index (χ1) is 14.5. The molecule has 0 saturated carbocycles. The minimum absolute atomic E-state index is 0.0970. The molecule has 1 aliphatic heterocycles. The maximum atomic E-state index is 13.2. The highest BCUT2D eigenvalue weighted by molar-refractivity contribution is 7.92. The molecule has 0 atom stereocenters. The number of anilines is 2. The minimum atomic E-state index is -3.86. The number of fused-ring (bicyclic) bond motifs is 1. The van der Waals surface area contributed by atoms with Crippen LogP contribution >= 0.6 is 0 Å². The lowest BCUT2D eigenvalue weighted by atomic mass is 10.1. The Labute approximate surface area is 176 Å². The number of carbonyl (C=O) groups excluding carboxylic acids is 1. The number of ether oxygens (including phenoxy) is 1. The van der Waals surface area contributed by atoms with Gasteiger partial charge in [0, 0.05) is 12.2 Å². The number of benzene rings is 3. The Morgan fingerprint density at radius 1 is 1.00 bits per heavy atom. The summed E-state index contributed by atoms with van der Waals surface area (Å²) in [6, 6.07) is 20.6. The van der Waals surface area contributed by atoms with Crippen LogP contribution in [0.25, 0.3) is 0 Å². The SMILES string of the molecule is CCOc1ccc(S(=O)(=O)Nc2ccccc2C(=O)N2CCc3ccccc32)cc1. The number of rotatable bonds is 6. The van der Waals surface area contributed by atoms with Gasteiger partial charge in [-0.2, -0.15) is 0 Å². The van der Waals surface area contributed by atoms with Crippen molar-refractivity contribution in [2.75, 3.05) is 22.8 Å². The molecule has 1 aliphatic rings. The summed E-state index contributed by atoms with van der Waals surface area (Å²) < 4.78 is 33.7. The zero-order valence-corrected chi connectivity index (χ0v) is 17.4. The zero-order chi connectivity index (χ0) is 21.1. The van der Waals surface area contributed by atoms with E-state index in [9.17, 15) is 13.2 Å². The fourth-order valence-electron chi connectivity index (χ4n) is 3.54. The molecule has 1 N–H and O–H groups in total. The lowest BCUT2D eigenvalue weighted by Crippen LogP contribution is -2.30. The fraction of sp³-hybridized carbons (Fsp3) is 0.174.